The summed E-state index contributed by atoms with van der Waals surface area (Å²) in [7, 11) is 0. The summed E-state index contributed by atoms with van der Waals surface area (Å²) in [5.74, 6) is 0. The van der Waals surface area contributed by atoms with Crippen molar-refractivity contribution in [2.24, 2.45) is 0 Å². The van der Waals surface area contributed by atoms with E-state index >= 15 is 0 Å². The normalized spacial score (nSPS) is 12.7. The van der Waals surface area contributed by atoms with E-state index in [1.54, 1.807) is 5.56 Å². The van der Waals surface area contributed by atoms with Gasteiger partial charge in [-0.15, -0.1) is 0 Å². The Morgan fingerprint density at radius 1 is 1.06 bits per heavy atom. The maximum atomic E-state index is 3.56. The average Bonchev–Trinajstić information content (AvgIpc) is 2.31. The Bertz CT molecular complexity index is 345. The van der Waals surface area contributed by atoms with Gasteiger partial charge in [-0.25, -0.2) is 0 Å². The van der Waals surface area contributed by atoms with Gasteiger partial charge in [-0.1, -0.05) is 31.5 Å². The third-order valence-corrected chi connectivity index (χ3v) is 3.81. The number of rotatable bonds is 7. The first-order valence-corrected chi connectivity index (χ1v) is 7.38. The van der Waals surface area contributed by atoms with Gasteiger partial charge >= 0.3 is 0 Å². The lowest BCUT2D eigenvalue weighted by Gasteiger charge is -2.17. The highest BCUT2D eigenvalue weighted by atomic mass is 14.9. The number of benzene rings is 1. The van der Waals surface area contributed by atoms with Crippen LogP contribution in [0.2, 0.25) is 0 Å². The van der Waals surface area contributed by atoms with Crippen LogP contribution in [0.25, 0.3) is 0 Å². The van der Waals surface area contributed by atoms with Gasteiger partial charge in [0, 0.05) is 6.04 Å². The molecule has 0 aliphatic rings. The fourth-order valence-electron chi connectivity index (χ4n) is 2.87. The Morgan fingerprint density at radius 3 is 2.17 bits per heavy atom. The second-order valence-corrected chi connectivity index (χ2v) is 5.43. The van der Waals surface area contributed by atoms with Crippen molar-refractivity contribution < 1.29 is 0 Å². The third kappa shape index (κ3) is 4.45. The zero-order chi connectivity index (χ0) is 13.5. The zero-order valence-corrected chi connectivity index (χ0v) is 12.8. The van der Waals surface area contributed by atoms with Crippen molar-refractivity contribution in [3.05, 3.63) is 34.4 Å². The molecule has 0 radical (unpaired) electrons. The van der Waals surface area contributed by atoms with Crippen molar-refractivity contribution in [1.82, 2.24) is 5.32 Å². The van der Waals surface area contributed by atoms with Crippen molar-refractivity contribution in [1.29, 1.82) is 0 Å². The standard InChI is InChI=1S/C17H29N/c1-6-16(18-7-2)9-8-10-17-14(4)11-13(3)12-15(17)5/h11-12,16,18H,6-10H2,1-5H3. The molecule has 0 saturated heterocycles. The molecule has 0 saturated carbocycles. The average molecular weight is 247 g/mol. The van der Waals surface area contributed by atoms with E-state index in [2.05, 4.69) is 52.1 Å². The summed E-state index contributed by atoms with van der Waals surface area (Å²) < 4.78 is 0. The molecule has 1 unspecified atom stereocenters. The van der Waals surface area contributed by atoms with Gasteiger partial charge in [-0.05, 0) is 69.7 Å². The number of aryl methyl sites for hydroxylation is 3. The number of nitrogens with one attached hydrogen (secondary N) is 1. The summed E-state index contributed by atoms with van der Waals surface area (Å²) in [6.45, 7) is 12.2. The molecular weight excluding hydrogens is 218 g/mol. The van der Waals surface area contributed by atoms with Gasteiger partial charge in [0.25, 0.3) is 0 Å². The number of hydrogen-bond acceptors (Lipinski definition) is 1. The topological polar surface area (TPSA) is 12.0 Å². The molecule has 1 aromatic carbocycles. The quantitative estimate of drug-likeness (QED) is 0.756. The largest absolute Gasteiger partial charge is 0.314 e. The van der Waals surface area contributed by atoms with Crippen LogP contribution in [0, 0.1) is 20.8 Å². The van der Waals surface area contributed by atoms with Crippen LogP contribution in [-0.4, -0.2) is 12.6 Å². The highest BCUT2D eigenvalue weighted by Gasteiger charge is 2.07. The van der Waals surface area contributed by atoms with E-state index in [-0.39, 0.29) is 0 Å². The molecule has 102 valence electrons. The molecule has 1 nitrogen and oxygen atoms in total. The van der Waals surface area contributed by atoms with Crippen LogP contribution in [0.4, 0.5) is 0 Å². The van der Waals surface area contributed by atoms with Gasteiger partial charge in [0.15, 0.2) is 0 Å². The van der Waals surface area contributed by atoms with Gasteiger partial charge in [0.1, 0.15) is 0 Å². The minimum absolute atomic E-state index is 0.695. The predicted octanol–water partition coefficient (Wildman–Crippen LogP) is 4.32. The summed E-state index contributed by atoms with van der Waals surface area (Å²) in [5.41, 5.74) is 5.87. The molecule has 0 amide bonds. The molecule has 1 atom stereocenters. The summed E-state index contributed by atoms with van der Waals surface area (Å²) in [4.78, 5) is 0. The lowest BCUT2D eigenvalue weighted by molar-refractivity contribution is 0.466. The molecule has 0 aromatic heterocycles. The van der Waals surface area contributed by atoms with Crippen molar-refractivity contribution in [3.63, 3.8) is 0 Å². The van der Waals surface area contributed by atoms with Crippen molar-refractivity contribution >= 4 is 0 Å². The molecule has 0 bridgehead atoms. The van der Waals surface area contributed by atoms with Gasteiger partial charge in [0.2, 0.25) is 0 Å². The van der Waals surface area contributed by atoms with E-state index in [4.69, 9.17) is 0 Å². The Balaban J connectivity index is 2.53. The minimum Gasteiger partial charge on any atom is -0.314 e. The van der Waals surface area contributed by atoms with Crippen molar-refractivity contribution in [3.8, 4) is 0 Å². The highest BCUT2D eigenvalue weighted by Crippen LogP contribution is 2.19. The molecule has 1 heteroatoms. The van der Waals surface area contributed by atoms with E-state index in [9.17, 15) is 0 Å². The Morgan fingerprint density at radius 2 is 1.67 bits per heavy atom. The predicted molar refractivity (Wildman–Crippen MR) is 81.3 cm³/mol. The fourth-order valence-corrected chi connectivity index (χ4v) is 2.87. The first kappa shape index (κ1) is 15.2. The Hall–Kier alpha value is -0.820. The monoisotopic (exact) mass is 247 g/mol. The SMILES string of the molecule is CCNC(CC)CCCc1c(C)cc(C)cc1C. The Kier molecular flexibility index (Phi) is 6.42. The van der Waals surface area contributed by atoms with Gasteiger partial charge in [0.05, 0.1) is 0 Å². The second-order valence-electron chi connectivity index (χ2n) is 5.43. The lowest BCUT2D eigenvalue weighted by atomic mass is 9.94. The molecule has 1 rings (SSSR count). The van der Waals surface area contributed by atoms with Crippen LogP contribution in [0.3, 0.4) is 0 Å². The van der Waals surface area contributed by atoms with E-state index in [0.29, 0.717) is 6.04 Å². The third-order valence-electron chi connectivity index (χ3n) is 3.81. The maximum absolute atomic E-state index is 3.56. The Labute approximate surface area is 113 Å². The first-order chi connectivity index (χ1) is 8.58. The van der Waals surface area contributed by atoms with E-state index in [0.717, 1.165) is 6.54 Å². The molecule has 1 N–H and O–H groups in total. The van der Waals surface area contributed by atoms with Crippen LogP contribution in [0.15, 0.2) is 12.1 Å². The molecule has 0 aliphatic carbocycles. The van der Waals surface area contributed by atoms with E-state index in [1.807, 2.05) is 0 Å². The van der Waals surface area contributed by atoms with Crippen molar-refractivity contribution in [2.75, 3.05) is 6.54 Å². The van der Waals surface area contributed by atoms with Crippen LogP contribution in [0.1, 0.15) is 55.4 Å². The van der Waals surface area contributed by atoms with E-state index in [1.165, 1.54) is 42.4 Å². The van der Waals surface area contributed by atoms with E-state index < -0.39 is 0 Å². The second kappa shape index (κ2) is 7.58. The molecule has 18 heavy (non-hydrogen) atoms. The molecule has 0 heterocycles. The van der Waals surface area contributed by atoms with Gasteiger partial charge in [-0.3, -0.25) is 0 Å². The molecule has 0 spiro atoms. The molecule has 0 fully saturated rings. The number of hydrogen-bond donors (Lipinski definition) is 1. The fraction of sp³-hybridized carbons (Fsp3) is 0.647. The summed E-state index contributed by atoms with van der Waals surface area (Å²) >= 11 is 0. The molecule has 1 aromatic rings. The highest BCUT2D eigenvalue weighted by molar-refractivity contribution is 5.37. The zero-order valence-electron chi connectivity index (χ0n) is 12.8. The lowest BCUT2D eigenvalue weighted by Crippen LogP contribution is -2.28. The first-order valence-electron chi connectivity index (χ1n) is 7.38. The maximum Gasteiger partial charge on any atom is 0.00644 e. The molecule has 0 aliphatic heterocycles. The summed E-state index contributed by atoms with van der Waals surface area (Å²) in [5, 5.41) is 3.56. The van der Waals surface area contributed by atoms with Gasteiger partial charge in [-0.2, -0.15) is 0 Å². The van der Waals surface area contributed by atoms with Crippen LogP contribution >= 0.6 is 0 Å². The minimum atomic E-state index is 0.695. The molecular formula is C17H29N. The van der Waals surface area contributed by atoms with Crippen molar-refractivity contribution in [2.45, 2.75) is 66.3 Å². The van der Waals surface area contributed by atoms with Gasteiger partial charge < -0.3 is 5.32 Å². The van der Waals surface area contributed by atoms with Crippen LogP contribution in [-0.2, 0) is 6.42 Å². The van der Waals surface area contributed by atoms with Crippen LogP contribution < -0.4 is 5.32 Å². The summed E-state index contributed by atoms with van der Waals surface area (Å²) in [6.07, 6.45) is 5.03. The summed E-state index contributed by atoms with van der Waals surface area (Å²) in [6, 6.07) is 5.31. The smallest absolute Gasteiger partial charge is 0.00644 e. The van der Waals surface area contributed by atoms with Crippen LogP contribution in [0.5, 0.6) is 0 Å².